The summed E-state index contributed by atoms with van der Waals surface area (Å²) >= 11 is 6.08. The van der Waals surface area contributed by atoms with E-state index in [2.05, 4.69) is 10.3 Å². The van der Waals surface area contributed by atoms with Crippen LogP contribution in [-0.2, 0) is 11.3 Å². The van der Waals surface area contributed by atoms with Crippen LogP contribution in [0.4, 0.5) is 5.69 Å². The van der Waals surface area contributed by atoms with Gasteiger partial charge in [0, 0.05) is 12.8 Å². The van der Waals surface area contributed by atoms with Crippen LogP contribution in [0.15, 0.2) is 47.5 Å². The molecule has 3 N–H and O–H groups in total. The predicted octanol–water partition coefficient (Wildman–Crippen LogP) is 3.30. The molecule has 0 atom stereocenters. The molecule has 0 saturated heterocycles. The molecular weight excluding hydrogens is 342 g/mol. The number of nitrogens with zero attached hydrogens (tertiary/aromatic N) is 1. The maximum absolute atomic E-state index is 6.08. The van der Waals surface area contributed by atoms with Gasteiger partial charge in [-0.05, 0) is 35.9 Å². The molecule has 0 aliphatic heterocycles. The van der Waals surface area contributed by atoms with Gasteiger partial charge in [-0.15, -0.1) is 0 Å². The number of aliphatic imine (C=N–C) groups is 1. The van der Waals surface area contributed by atoms with Crippen molar-refractivity contribution in [2.75, 3.05) is 32.8 Å². The number of methoxy groups -OCH3 is 2. The first-order chi connectivity index (χ1) is 12.1. The quantitative estimate of drug-likeness (QED) is 0.427. The molecule has 0 aliphatic rings. The minimum absolute atomic E-state index is 0.307. The average Bonchev–Trinajstić information content (AvgIpc) is 2.61. The molecular formula is C18H22ClN3O3. The maximum Gasteiger partial charge on any atom is 0.193 e. The minimum Gasteiger partial charge on any atom is -0.495 e. The Hall–Kier alpha value is -2.44. The third kappa shape index (κ3) is 6.17. The normalized spacial score (nSPS) is 11.2. The second-order valence-electron chi connectivity index (χ2n) is 5.16. The fourth-order valence-electron chi connectivity index (χ4n) is 2.04. The van der Waals surface area contributed by atoms with E-state index in [4.69, 9.17) is 31.5 Å². The van der Waals surface area contributed by atoms with Gasteiger partial charge in [-0.25, -0.2) is 4.99 Å². The second-order valence-corrected chi connectivity index (χ2v) is 5.57. The van der Waals surface area contributed by atoms with Crippen LogP contribution >= 0.6 is 11.6 Å². The van der Waals surface area contributed by atoms with Crippen molar-refractivity contribution in [3.8, 4) is 11.5 Å². The fourth-order valence-corrected chi connectivity index (χ4v) is 2.30. The Morgan fingerprint density at radius 1 is 1.12 bits per heavy atom. The van der Waals surface area contributed by atoms with Crippen LogP contribution in [0, 0.1) is 0 Å². The second kappa shape index (κ2) is 9.76. The van der Waals surface area contributed by atoms with Gasteiger partial charge in [-0.2, -0.15) is 0 Å². The molecule has 0 amide bonds. The van der Waals surface area contributed by atoms with E-state index in [0.717, 1.165) is 17.0 Å². The highest BCUT2D eigenvalue weighted by Crippen LogP contribution is 2.27. The number of halogens is 1. The molecule has 6 nitrogen and oxygen atoms in total. The van der Waals surface area contributed by atoms with Gasteiger partial charge in [0.2, 0.25) is 0 Å². The van der Waals surface area contributed by atoms with Crippen molar-refractivity contribution >= 4 is 23.2 Å². The first-order valence-electron chi connectivity index (χ1n) is 7.73. The van der Waals surface area contributed by atoms with Crippen molar-refractivity contribution < 1.29 is 14.2 Å². The summed E-state index contributed by atoms with van der Waals surface area (Å²) < 4.78 is 15.6. The third-order valence-electron chi connectivity index (χ3n) is 3.34. The van der Waals surface area contributed by atoms with Gasteiger partial charge in [0.25, 0.3) is 0 Å². The average molecular weight is 364 g/mol. The topological polar surface area (TPSA) is 78.1 Å². The number of hydrogen-bond acceptors (Lipinski definition) is 4. The molecule has 0 radical (unpaired) electrons. The van der Waals surface area contributed by atoms with Gasteiger partial charge in [0.15, 0.2) is 5.96 Å². The zero-order valence-corrected chi connectivity index (χ0v) is 15.0. The molecule has 0 fully saturated rings. The van der Waals surface area contributed by atoms with Crippen molar-refractivity contribution in [2.45, 2.75) is 6.54 Å². The Labute approximate surface area is 152 Å². The van der Waals surface area contributed by atoms with Crippen molar-refractivity contribution in [1.29, 1.82) is 0 Å². The fraction of sp³-hybridized carbons (Fsp3) is 0.278. The van der Waals surface area contributed by atoms with Crippen molar-refractivity contribution in [3.63, 3.8) is 0 Å². The number of benzene rings is 2. The van der Waals surface area contributed by atoms with E-state index in [9.17, 15) is 0 Å². The summed E-state index contributed by atoms with van der Waals surface area (Å²) in [5.41, 5.74) is 7.68. The zero-order chi connectivity index (χ0) is 18.1. The highest BCUT2D eigenvalue weighted by molar-refractivity contribution is 6.32. The Bertz CT molecular complexity index is 705. The number of nitrogens with two attached hydrogens (primary N) is 1. The van der Waals surface area contributed by atoms with Gasteiger partial charge in [-0.3, -0.25) is 0 Å². The summed E-state index contributed by atoms with van der Waals surface area (Å²) in [7, 11) is 3.21. The molecule has 0 aliphatic carbocycles. The largest absolute Gasteiger partial charge is 0.495 e. The summed E-state index contributed by atoms with van der Waals surface area (Å²) in [6, 6.07) is 13.0. The number of hydrogen-bond donors (Lipinski definition) is 2. The van der Waals surface area contributed by atoms with Crippen LogP contribution in [0.3, 0.4) is 0 Å². The van der Waals surface area contributed by atoms with E-state index >= 15 is 0 Å². The molecule has 0 unspecified atom stereocenters. The standard InChI is InChI=1S/C18H22ClN3O3/c1-23-9-10-25-15-6-3-13(4-7-15)12-21-18(20)22-14-5-8-17(24-2)16(19)11-14/h3-8,11H,9-10,12H2,1-2H3,(H3,20,21,22). The predicted molar refractivity (Wildman–Crippen MR) is 101 cm³/mol. The van der Waals surface area contributed by atoms with Crippen LogP contribution in [-0.4, -0.2) is 33.4 Å². The van der Waals surface area contributed by atoms with Crippen molar-refractivity contribution in [1.82, 2.24) is 0 Å². The Balaban J connectivity index is 1.89. The molecule has 25 heavy (non-hydrogen) atoms. The van der Waals surface area contributed by atoms with Crippen LogP contribution in [0.1, 0.15) is 5.56 Å². The maximum atomic E-state index is 6.08. The summed E-state index contributed by atoms with van der Waals surface area (Å²) in [5, 5.41) is 3.50. The molecule has 0 bridgehead atoms. The van der Waals surface area contributed by atoms with E-state index < -0.39 is 0 Å². The van der Waals surface area contributed by atoms with Crippen LogP contribution in [0.5, 0.6) is 11.5 Å². The first-order valence-corrected chi connectivity index (χ1v) is 8.11. The molecule has 0 aromatic heterocycles. The number of guanidine groups is 1. The zero-order valence-electron chi connectivity index (χ0n) is 14.3. The molecule has 134 valence electrons. The van der Waals surface area contributed by atoms with Crippen LogP contribution in [0.25, 0.3) is 0 Å². The van der Waals surface area contributed by atoms with Gasteiger partial charge in [-0.1, -0.05) is 23.7 Å². The smallest absolute Gasteiger partial charge is 0.193 e. The monoisotopic (exact) mass is 363 g/mol. The molecule has 0 spiro atoms. The molecule has 7 heteroatoms. The van der Waals surface area contributed by atoms with Gasteiger partial charge in [0.1, 0.15) is 18.1 Å². The summed E-state index contributed by atoms with van der Waals surface area (Å²) in [6.07, 6.45) is 0. The van der Waals surface area contributed by atoms with Crippen LogP contribution in [0.2, 0.25) is 5.02 Å². The van der Waals surface area contributed by atoms with E-state index in [0.29, 0.717) is 36.5 Å². The lowest BCUT2D eigenvalue weighted by atomic mass is 10.2. The number of ether oxygens (including phenoxy) is 3. The van der Waals surface area contributed by atoms with Crippen molar-refractivity contribution in [2.24, 2.45) is 10.7 Å². The molecule has 2 aromatic rings. The molecule has 0 saturated carbocycles. The Morgan fingerprint density at radius 2 is 1.88 bits per heavy atom. The van der Waals surface area contributed by atoms with Gasteiger partial charge >= 0.3 is 0 Å². The van der Waals surface area contributed by atoms with E-state index in [1.165, 1.54) is 0 Å². The highest BCUT2D eigenvalue weighted by Gasteiger charge is 2.03. The number of anilines is 1. The van der Waals surface area contributed by atoms with Gasteiger partial charge in [0.05, 0.1) is 25.3 Å². The van der Waals surface area contributed by atoms with Crippen LogP contribution < -0.4 is 20.5 Å². The lowest BCUT2D eigenvalue weighted by Gasteiger charge is -2.09. The Kier molecular flexibility index (Phi) is 7.37. The highest BCUT2D eigenvalue weighted by atomic mass is 35.5. The van der Waals surface area contributed by atoms with E-state index in [-0.39, 0.29) is 0 Å². The molecule has 2 rings (SSSR count). The Morgan fingerprint density at radius 3 is 2.52 bits per heavy atom. The van der Waals surface area contributed by atoms with E-state index in [1.807, 2.05) is 30.3 Å². The molecule has 0 heterocycles. The summed E-state index contributed by atoms with van der Waals surface area (Å²) in [6.45, 7) is 1.54. The molecule has 2 aromatic carbocycles. The SMILES string of the molecule is COCCOc1ccc(CN=C(N)Nc2ccc(OC)c(Cl)c2)cc1. The van der Waals surface area contributed by atoms with Gasteiger partial charge < -0.3 is 25.3 Å². The lowest BCUT2D eigenvalue weighted by Crippen LogP contribution is -2.22. The summed E-state index contributed by atoms with van der Waals surface area (Å²) in [4.78, 5) is 4.32. The third-order valence-corrected chi connectivity index (χ3v) is 3.63. The van der Waals surface area contributed by atoms with E-state index in [1.54, 1.807) is 26.4 Å². The summed E-state index contributed by atoms with van der Waals surface area (Å²) in [5.74, 6) is 1.71. The van der Waals surface area contributed by atoms with Crippen molar-refractivity contribution in [3.05, 3.63) is 53.1 Å². The lowest BCUT2D eigenvalue weighted by molar-refractivity contribution is 0.146. The number of nitrogens with one attached hydrogen (secondary N) is 1. The number of rotatable bonds is 8. The minimum atomic E-state index is 0.307. The first kappa shape index (κ1) is 18.9.